The van der Waals surface area contributed by atoms with Crippen molar-refractivity contribution in [2.45, 2.75) is 36.6 Å². The van der Waals surface area contributed by atoms with Gasteiger partial charge in [0.1, 0.15) is 29.0 Å². The molecule has 0 aliphatic heterocycles. The van der Waals surface area contributed by atoms with E-state index in [1.54, 1.807) is 12.1 Å². The third-order valence-electron chi connectivity index (χ3n) is 8.89. The van der Waals surface area contributed by atoms with Crippen LogP contribution in [0.4, 0.5) is 14.5 Å². The average Bonchev–Trinajstić information content (AvgIpc) is 3.94. The number of aromatic nitrogens is 2. The number of Topliss-reactive ketones (excluding diaryl/α,β-unsaturated/α-hetero) is 1. The molecule has 0 spiro atoms. The highest BCUT2D eigenvalue weighted by atomic mass is 32.2. The van der Waals surface area contributed by atoms with E-state index in [9.17, 15) is 37.5 Å². The number of aryl methyl sites for hydroxylation is 1. The summed E-state index contributed by atoms with van der Waals surface area (Å²) in [6, 6.07) is 15.0. The lowest BCUT2D eigenvalue weighted by Gasteiger charge is -2.17. The molecule has 274 valence electrons. The van der Waals surface area contributed by atoms with Gasteiger partial charge in [-0.3, -0.25) is 23.7 Å². The number of sulfonamides is 1. The number of halogens is 2. The molecule has 4 aromatic carbocycles. The van der Waals surface area contributed by atoms with E-state index in [1.165, 1.54) is 73.3 Å². The van der Waals surface area contributed by atoms with Crippen LogP contribution in [0.3, 0.4) is 0 Å². The summed E-state index contributed by atoms with van der Waals surface area (Å²) in [7, 11) is -1.42. The number of ketones is 1. The third kappa shape index (κ3) is 7.72. The number of carboxylic acids is 1. The van der Waals surface area contributed by atoms with E-state index in [4.69, 9.17) is 4.74 Å². The van der Waals surface area contributed by atoms with Crippen LogP contribution in [-0.4, -0.2) is 53.5 Å². The van der Waals surface area contributed by atoms with Gasteiger partial charge in [0, 0.05) is 25.5 Å². The SMILES string of the molecule is COc1ccc2c(c1)c(=O)n(-c1ccc(C[C@H](NC(=O)c3c(F)cc(NS(=O)(=O)c4ccc(C(=O)CC5CC5)cc4)cc3F)C(=O)O)cc1)c(=O)n2C. The number of carbonyl (C=O) groups excluding carboxylic acids is 2. The highest BCUT2D eigenvalue weighted by molar-refractivity contribution is 7.92. The fourth-order valence-electron chi connectivity index (χ4n) is 5.83. The average molecular weight is 747 g/mol. The molecule has 1 amide bonds. The Morgan fingerprint density at radius 1 is 0.943 bits per heavy atom. The highest BCUT2D eigenvalue weighted by Crippen LogP contribution is 2.33. The van der Waals surface area contributed by atoms with Gasteiger partial charge in [-0.2, -0.15) is 0 Å². The molecule has 1 atom stereocenters. The zero-order valence-corrected chi connectivity index (χ0v) is 29.1. The number of amides is 1. The molecule has 1 aromatic heterocycles. The van der Waals surface area contributed by atoms with Gasteiger partial charge in [0.15, 0.2) is 5.78 Å². The van der Waals surface area contributed by atoms with E-state index >= 15 is 8.78 Å². The number of fused-ring (bicyclic) bond motifs is 1. The second-order valence-corrected chi connectivity index (χ2v) is 14.3. The molecule has 13 nitrogen and oxygen atoms in total. The maximum atomic E-state index is 15.1. The van der Waals surface area contributed by atoms with E-state index in [0.717, 1.165) is 17.4 Å². The van der Waals surface area contributed by atoms with Crippen molar-refractivity contribution in [3.63, 3.8) is 0 Å². The monoisotopic (exact) mass is 746 g/mol. The summed E-state index contributed by atoms with van der Waals surface area (Å²) >= 11 is 0. The van der Waals surface area contributed by atoms with Crippen molar-refractivity contribution in [1.29, 1.82) is 0 Å². The fraction of sp³-hybridized carbons (Fsp3) is 0.216. The number of hydrogen-bond acceptors (Lipinski definition) is 8. The first-order chi connectivity index (χ1) is 25.2. The van der Waals surface area contributed by atoms with Gasteiger partial charge in [-0.05, 0) is 78.9 Å². The number of nitrogens with one attached hydrogen (secondary N) is 2. The van der Waals surface area contributed by atoms with Crippen molar-refractivity contribution < 1.29 is 41.4 Å². The number of carboxylic acid groups (broad SMARTS) is 1. The minimum absolute atomic E-state index is 0.115. The number of methoxy groups -OCH3 is 1. The Morgan fingerprint density at radius 3 is 2.17 bits per heavy atom. The zero-order chi connectivity index (χ0) is 38.2. The third-order valence-corrected chi connectivity index (χ3v) is 10.3. The normalized spacial score (nSPS) is 13.4. The van der Waals surface area contributed by atoms with Crippen molar-refractivity contribution in [2.24, 2.45) is 13.0 Å². The maximum Gasteiger partial charge on any atom is 0.335 e. The molecule has 0 bridgehead atoms. The molecule has 1 saturated carbocycles. The number of benzene rings is 4. The smallest absolute Gasteiger partial charge is 0.335 e. The summed E-state index contributed by atoms with van der Waals surface area (Å²) in [4.78, 5) is 63.5. The number of ether oxygens (including phenoxy) is 1. The number of anilines is 1. The van der Waals surface area contributed by atoms with Crippen LogP contribution in [0.25, 0.3) is 16.6 Å². The maximum absolute atomic E-state index is 15.1. The predicted molar refractivity (Wildman–Crippen MR) is 189 cm³/mol. The summed E-state index contributed by atoms with van der Waals surface area (Å²) in [6.07, 6.45) is 1.98. The molecule has 5 aromatic rings. The highest BCUT2D eigenvalue weighted by Gasteiger charge is 2.28. The fourth-order valence-corrected chi connectivity index (χ4v) is 6.87. The molecule has 0 saturated heterocycles. The van der Waals surface area contributed by atoms with Gasteiger partial charge in [-0.1, -0.05) is 24.3 Å². The van der Waals surface area contributed by atoms with Crippen LogP contribution in [-0.2, 0) is 28.3 Å². The van der Waals surface area contributed by atoms with Gasteiger partial charge in [0.2, 0.25) is 0 Å². The molecule has 53 heavy (non-hydrogen) atoms. The second kappa shape index (κ2) is 14.5. The first-order valence-electron chi connectivity index (χ1n) is 16.2. The van der Waals surface area contributed by atoms with Crippen LogP contribution in [0.1, 0.15) is 45.5 Å². The second-order valence-electron chi connectivity index (χ2n) is 12.6. The van der Waals surface area contributed by atoms with Gasteiger partial charge in [-0.15, -0.1) is 0 Å². The van der Waals surface area contributed by atoms with Crippen LogP contribution in [0.2, 0.25) is 0 Å². The van der Waals surface area contributed by atoms with Crippen molar-refractivity contribution in [2.75, 3.05) is 11.8 Å². The van der Waals surface area contributed by atoms with Crippen LogP contribution >= 0.6 is 0 Å². The Bertz CT molecular complexity index is 2490. The topological polar surface area (TPSA) is 183 Å². The molecule has 1 heterocycles. The molecule has 1 aliphatic carbocycles. The molecule has 1 fully saturated rings. The van der Waals surface area contributed by atoms with Crippen LogP contribution in [0.15, 0.2) is 93.3 Å². The lowest BCUT2D eigenvalue weighted by atomic mass is 10.0. The van der Waals surface area contributed by atoms with Crippen LogP contribution in [0, 0.1) is 17.6 Å². The zero-order valence-electron chi connectivity index (χ0n) is 28.3. The predicted octanol–water partition coefficient (Wildman–Crippen LogP) is 4.19. The summed E-state index contributed by atoms with van der Waals surface area (Å²) < 4.78 is 65.5. The van der Waals surface area contributed by atoms with Gasteiger partial charge in [0.25, 0.3) is 21.5 Å². The molecule has 1 aliphatic rings. The van der Waals surface area contributed by atoms with E-state index in [0.29, 0.717) is 46.9 Å². The van der Waals surface area contributed by atoms with E-state index in [2.05, 4.69) is 5.32 Å². The lowest BCUT2D eigenvalue weighted by Crippen LogP contribution is -2.43. The van der Waals surface area contributed by atoms with Gasteiger partial charge >= 0.3 is 11.7 Å². The minimum Gasteiger partial charge on any atom is -0.497 e. The van der Waals surface area contributed by atoms with Crippen molar-refractivity contribution >= 4 is 44.3 Å². The molecule has 6 rings (SSSR count). The van der Waals surface area contributed by atoms with E-state index in [1.807, 2.05) is 4.72 Å². The number of carbonyl (C=O) groups is 3. The number of rotatable bonds is 13. The van der Waals surface area contributed by atoms with Gasteiger partial charge in [-0.25, -0.2) is 31.4 Å². The van der Waals surface area contributed by atoms with Crippen molar-refractivity contribution in [3.8, 4) is 11.4 Å². The number of hydrogen-bond donors (Lipinski definition) is 3. The largest absolute Gasteiger partial charge is 0.497 e. The Kier molecular flexibility index (Phi) is 9.99. The number of aliphatic carboxylic acids is 1. The Labute approximate surface area is 300 Å². The molecular formula is C37H32F2N4O9S. The quantitative estimate of drug-likeness (QED) is 0.149. The van der Waals surface area contributed by atoms with Crippen LogP contribution in [0.5, 0.6) is 5.75 Å². The summed E-state index contributed by atoms with van der Waals surface area (Å²) in [5.41, 5.74) is -1.70. The standard InChI is InChI=1S/C37H32F2N4O9S/c1-42-31-14-11-25(52-2)19-27(31)35(46)43(37(42)49)24-9-5-20(6-10-24)15-30(36(47)48)40-34(45)33-28(38)17-23(18-29(33)39)41-53(50,51)26-12-7-22(8-13-26)32(44)16-21-3-4-21/h5-14,17-19,21,30,41H,3-4,15-16H2,1-2H3,(H,40,45)(H,47,48)/t30-/m0/s1. The summed E-state index contributed by atoms with van der Waals surface area (Å²) in [5, 5.41) is 12.1. The van der Waals surface area contributed by atoms with Crippen molar-refractivity contribution in [3.05, 3.63) is 128 Å². The number of nitrogens with zero attached hydrogens (tertiary/aromatic N) is 2. The first-order valence-corrected chi connectivity index (χ1v) is 17.7. The first kappa shape index (κ1) is 36.6. The van der Waals surface area contributed by atoms with Gasteiger partial charge in [0.05, 0.1) is 34.3 Å². The Morgan fingerprint density at radius 2 is 1.58 bits per heavy atom. The molecule has 0 radical (unpaired) electrons. The Hall–Kier alpha value is -6.16. The summed E-state index contributed by atoms with van der Waals surface area (Å²) in [5.74, 6) is -5.22. The molecular weight excluding hydrogens is 714 g/mol. The minimum atomic E-state index is -4.35. The lowest BCUT2D eigenvalue weighted by molar-refractivity contribution is -0.139. The Balaban J connectivity index is 1.16. The summed E-state index contributed by atoms with van der Waals surface area (Å²) in [6.45, 7) is 0. The van der Waals surface area contributed by atoms with Crippen molar-refractivity contribution in [1.82, 2.24) is 14.5 Å². The molecule has 0 unspecified atom stereocenters. The molecule has 16 heteroatoms. The van der Waals surface area contributed by atoms with Crippen LogP contribution < -0.4 is 26.0 Å². The van der Waals surface area contributed by atoms with E-state index in [-0.39, 0.29) is 28.2 Å². The van der Waals surface area contributed by atoms with Gasteiger partial charge < -0.3 is 15.2 Å². The van der Waals surface area contributed by atoms with E-state index < -0.39 is 62.1 Å². The molecule has 3 N–H and O–H groups in total.